The fourth-order valence-corrected chi connectivity index (χ4v) is 1.78. The zero-order valence-corrected chi connectivity index (χ0v) is 7.39. The summed E-state index contributed by atoms with van der Waals surface area (Å²) in [7, 11) is 0. The number of amides is 1. The highest BCUT2D eigenvalue weighted by Crippen LogP contribution is 2.16. The van der Waals surface area contributed by atoms with Crippen LogP contribution in [0.15, 0.2) is 0 Å². The highest BCUT2D eigenvalue weighted by Gasteiger charge is 2.29. The molecule has 0 aromatic rings. The SMILES string of the molecule is O=C1CSNC(=O)C1CCCO. The van der Waals surface area contributed by atoms with Crippen LogP contribution in [0, 0.1) is 5.92 Å². The summed E-state index contributed by atoms with van der Waals surface area (Å²) >= 11 is 1.14. The van der Waals surface area contributed by atoms with Crippen molar-refractivity contribution < 1.29 is 14.7 Å². The first-order valence-electron chi connectivity index (χ1n) is 3.81. The molecule has 0 aromatic carbocycles. The van der Waals surface area contributed by atoms with Gasteiger partial charge in [0.1, 0.15) is 0 Å². The molecule has 12 heavy (non-hydrogen) atoms. The predicted molar refractivity (Wildman–Crippen MR) is 45.4 cm³/mol. The van der Waals surface area contributed by atoms with Crippen molar-refractivity contribution in [2.45, 2.75) is 12.8 Å². The Morgan fingerprint density at radius 3 is 2.92 bits per heavy atom. The molecule has 1 aliphatic rings. The van der Waals surface area contributed by atoms with Gasteiger partial charge in [0.05, 0.1) is 11.7 Å². The maximum absolute atomic E-state index is 11.1. The zero-order valence-electron chi connectivity index (χ0n) is 6.58. The van der Waals surface area contributed by atoms with Gasteiger partial charge in [-0.15, -0.1) is 0 Å². The first-order chi connectivity index (χ1) is 5.75. The van der Waals surface area contributed by atoms with Crippen molar-refractivity contribution in [2.24, 2.45) is 5.92 Å². The van der Waals surface area contributed by atoms with Crippen molar-refractivity contribution >= 4 is 23.6 Å². The van der Waals surface area contributed by atoms with Gasteiger partial charge in [0.15, 0.2) is 5.78 Å². The second-order valence-electron chi connectivity index (χ2n) is 2.64. The Kier molecular flexibility index (Phi) is 3.55. The Labute approximate surface area is 74.8 Å². The number of rotatable bonds is 3. The van der Waals surface area contributed by atoms with Gasteiger partial charge in [-0.1, -0.05) is 0 Å². The average molecular weight is 189 g/mol. The van der Waals surface area contributed by atoms with Crippen molar-refractivity contribution in [3.05, 3.63) is 0 Å². The molecular weight excluding hydrogens is 178 g/mol. The normalized spacial score (nSPS) is 23.9. The molecule has 0 saturated carbocycles. The molecule has 0 radical (unpaired) electrons. The summed E-state index contributed by atoms with van der Waals surface area (Å²) in [6, 6.07) is 0. The Morgan fingerprint density at radius 2 is 2.33 bits per heavy atom. The number of carbonyl (C=O) groups excluding carboxylic acids is 2. The van der Waals surface area contributed by atoms with Crippen LogP contribution in [-0.2, 0) is 9.59 Å². The van der Waals surface area contributed by atoms with E-state index in [9.17, 15) is 9.59 Å². The lowest BCUT2D eigenvalue weighted by atomic mass is 9.98. The second kappa shape index (κ2) is 4.47. The van der Waals surface area contributed by atoms with Crippen molar-refractivity contribution in [2.75, 3.05) is 12.4 Å². The molecule has 1 fully saturated rings. The average Bonchev–Trinajstić information content (AvgIpc) is 2.04. The predicted octanol–water partition coefficient (Wildman–Crippen LogP) is -0.278. The molecule has 1 unspecified atom stereocenters. The number of hydrogen-bond donors (Lipinski definition) is 2. The van der Waals surface area contributed by atoms with E-state index in [1.54, 1.807) is 0 Å². The van der Waals surface area contributed by atoms with E-state index in [2.05, 4.69) is 4.72 Å². The monoisotopic (exact) mass is 189 g/mol. The molecule has 0 spiro atoms. The number of nitrogens with one attached hydrogen (secondary N) is 1. The molecule has 0 aromatic heterocycles. The quantitative estimate of drug-likeness (QED) is 0.473. The molecule has 4 nitrogen and oxygen atoms in total. The van der Waals surface area contributed by atoms with Crippen LogP contribution in [0.2, 0.25) is 0 Å². The second-order valence-corrected chi connectivity index (χ2v) is 3.42. The van der Waals surface area contributed by atoms with Gasteiger partial charge >= 0.3 is 0 Å². The maximum Gasteiger partial charge on any atom is 0.240 e. The molecule has 0 aliphatic carbocycles. The summed E-state index contributed by atoms with van der Waals surface area (Å²) in [4.78, 5) is 22.2. The lowest BCUT2D eigenvalue weighted by molar-refractivity contribution is -0.132. The van der Waals surface area contributed by atoms with Crippen LogP contribution in [0.25, 0.3) is 0 Å². The molecular formula is C7H11NO3S. The zero-order chi connectivity index (χ0) is 8.97. The first-order valence-corrected chi connectivity index (χ1v) is 4.79. The first kappa shape index (κ1) is 9.54. The highest BCUT2D eigenvalue weighted by molar-refractivity contribution is 7.98. The smallest absolute Gasteiger partial charge is 0.240 e. The van der Waals surface area contributed by atoms with Gasteiger partial charge in [-0.3, -0.25) is 14.3 Å². The minimum Gasteiger partial charge on any atom is -0.396 e. The molecule has 0 bridgehead atoms. The molecule has 5 heteroatoms. The number of hydrogen-bond acceptors (Lipinski definition) is 4. The van der Waals surface area contributed by atoms with Crippen LogP contribution in [0.4, 0.5) is 0 Å². The number of Topliss-reactive ketones (excluding diaryl/α,β-unsaturated/α-hetero) is 1. The largest absolute Gasteiger partial charge is 0.396 e. The van der Waals surface area contributed by atoms with Crippen molar-refractivity contribution in [3.8, 4) is 0 Å². The minimum atomic E-state index is -0.529. The van der Waals surface area contributed by atoms with E-state index in [1.807, 2.05) is 0 Å². The van der Waals surface area contributed by atoms with Crippen LogP contribution in [-0.4, -0.2) is 29.2 Å². The van der Waals surface area contributed by atoms with E-state index in [-0.39, 0.29) is 18.3 Å². The summed E-state index contributed by atoms with van der Waals surface area (Å²) in [5.41, 5.74) is 0. The lowest BCUT2D eigenvalue weighted by Crippen LogP contribution is -2.38. The fraction of sp³-hybridized carbons (Fsp3) is 0.714. The summed E-state index contributed by atoms with van der Waals surface area (Å²) < 4.78 is 2.55. The van der Waals surface area contributed by atoms with E-state index in [1.165, 1.54) is 0 Å². The molecule has 1 amide bonds. The Morgan fingerprint density at radius 1 is 1.58 bits per heavy atom. The van der Waals surface area contributed by atoms with Crippen molar-refractivity contribution in [1.29, 1.82) is 0 Å². The molecule has 1 rings (SSSR count). The van der Waals surface area contributed by atoms with E-state index in [0.717, 1.165) is 11.9 Å². The molecule has 2 N–H and O–H groups in total. The van der Waals surface area contributed by atoms with Crippen molar-refractivity contribution in [3.63, 3.8) is 0 Å². The van der Waals surface area contributed by atoms with Crippen LogP contribution in [0.5, 0.6) is 0 Å². The third kappa shape index (κ3) is 2.22. The Balaban J connectivity index is 2.45. The summed E-state index contributed by atoms with van der Waals surface area (Å²) in [6.07, 6.45) is 0.968. The number of aliphatic hydroxyl groups excluding tert-OH is 1. The summed E-state index contributed by atoms with van der Waals surface area (Å²) in [5.74, 6) is -0.428. The molecule has 1 aliphatic heterocycles. The topological polar surface area (TPSA) is 66.4 Å². The number of ketones is 1. The highest BCUT2D eigenvalue weighted by atomic mass is 32.2. The van der Waals surface area contributed by atoms with E-state index in [4.69, 9.17) is 5.11 Å². The van der Waals surface area contributed by atoms with Gasteiger partial charge in [-0.25, -0.2) is 0 Å². The minimum absolute atomic E-state index is 0.0304. The third-order valence-electron chi connectivity index (χ3n) is 1.74. The van der Waals surface area contributed by atoms with Gasteiger partial charge in [-0.05, 0) is 24.8 Å². The molecule has 1 atom stereocenters. The molecule has 68 valence electrons. The van der Waals surface area contributed by atoms with Crippen LogP contribution >= 0.6 is 11.9 Å². The number of carbonyl (C=O) groups is 2. The molecule has 1 heterocycles. The summed E-state index contributed by atoms with van der Waals surface area (Å²) in [5, 5.41) is 8.52. The fourth-order valence-electron chi connectivity index (χ4n) is 1.08. The van der Waals surface area contributed by atoms with Crippen LogP contribution in [0.3, 0.4) is 0 Å². The van der Waals surface area contributed by atoms with Gasteiger partial charge in [0, 0.05) is 6.61 Å². The number of aliphatic hydroxyl groups is 1. The van der Waals surface area contributed by atoms with Gasteiger partial charge < -0.3 is 5.11 Å². The van der Waals surface area contributed by atoms with Crippen LogP contribution < -0.4 is 4.72 Å². The third-order valence-corrected chi connectivity index (χ3v) is 2.52. The van der Waals surface area contributed by atoms with Gasteiger partial charge in [0.2, 0.25) is 5.91 Å². The Hall–Kier alpha value is -0.550. The summed E-state index contributed by atoms with van der Waals surface area (Å²) in [6.45, 7) is 0.0319. The molecule has 1 saturated heterocycles. The van der Waals surface area contributed by atoms with E-state index in [0.29, 0.717) is 18.6 Å². The van der Waals surface area contributed by atoms with Gasteiger partial charge in [-0.2, -0.15) is 0 Å². The van der Waals surface area contributed by atoms with Crippen molar-refractivity contribution in [1.82, 2.24) is 4.72 Å². The standard InChI is InChI=1S/C7H11NO3S/c9-3-1-2-5-6(10)4-12-8-7(5)11/h5,9H,1-4H2,(H,8,11). The maximum atomic E-state index is 11.1. The lowest BCUT2D eigenvalue weighted by Gasteiger charge is -2.19. The van der Waals surface area contributed by atoms with E-state index < -0.39 is 5.92 Å². The van der Waals surface area contributed by atoms with E-state index >= 15 is 0 Å². The van der Waals surface area contributed by atoms with Crippen LogP contribution in [0.1, 0.15) is 12.8 Å². The Bertz CT molecular complexity index is 179. The van der Waals surface area contributed by atoms with Gasteiger partial charge in [0.25, 0.3) is 0 Å².